The summed E-state index contributed by atoms with van der Waals surface area (Å²) in [5.74, 6) is -0.578. The second-order valence-electron chi connectivity index (χ2n) is 6.65. The summed E-state index contributed by atoms with van der Waals surface area (Å²) in [6.45, 7) is 1.40. The highest BCUT2D eigenvalue weighted by atomic mass is 16.6. The number of anilines is 1. The first kappa shape index (κ1) is 20.3. The number of rotatable bonds is 8. The number of esters is 1. The second-order valence-corrected chi connectivity index (χ2v) is 6.65. The van der Waals surface area contributed by atoms with Crippen molar-refractivity contribution in [2.24, 2.45) is 0 Å². The highest BCUT2D eigenvalue weighted by molar-refractivity contribution is 5.99. The third kappa shape index (κ3) is 5.28. The molecule has 0 unspecified atom stereocenters. The van der Waals surface area contributed by atoms with Gasteiger partial charge < -0.3 is 14.4 Å². The van der Waals surface area contributed by atoms with Gasteiger partial charge in [0.2, 0.25) is 5.91 Å². The van der Waals surface area contributed by atoms with Gasteiger partial charge in [-0.25, -0.2) is 4.79 Å². The predicted octanol–water partition coefficient (Wildman–Crippen LogP) is 2.82. The minimum atomic E-state index is -0.673. The van der Waals surface area contributed by atoms with Crippen LogP contribution in [-0.4, -0.2) is 43.2 Å². The van der Waals surface area contributed by atoms with Gasteiger partial charge in [0.15, 0.2) is 24.8 Å². The van der Waals surface area contributed by atoms with Gasteiger partial charge in [0.25, 0.3) is 0 Å². The van der Waals surface area contributed by atoms with Crippen molar-refractivity contribution in [1.29, 1.82) is 0 Å². The van der Waals surface area contributed by atoms with E-state index < -0.39 is 12.6 Å². The average Bonchev–Trinajstić information content (AvgIpc) is 3.16. The molecule has 1 heterocycles. The smallest absolute Gasteiger partial charge is 0.344 e. The minimum absolute atomic E-state index is 0.0606. The molecule has 0 atom stereocenters. The van der Waals surface area contributed by atoms with Crippen LogP contribution in [-0.2, 0) is 14.3 Å². The molecular weight excluding hydrogens is 374 g/mol. The van der Waals surface area contributed by atoms with Gasteiger partial charge in [-0.2, -0.15) is 0 Å². The van der Waals surface area contributed by atoms with E-state index in [1.54, 1.807) is 53.4 Å². The second kappa shape index (κ2) is 9.14. The minimum Gasteiger partial charge on any atom is -0.482 e. The molecule has 0 radical (unpaired) electrons. The van der Waals surface area contributed by atoms with Gasteiger partial charge in [-0.15, -0.1) is 0 Å². The Morgan fingerprint density at radius 3 is 2.17 bits per heavy atom. The predicted molar refractivity (Wildman–Crippen MR) is 105 cm³/mol. The molecule has 0 spiro atoms. The lowest BCUT2D eigenvalue weighted by molar-refractivity contribution is -0.144. The number of benzene rings is 2. The van der Waals surface area contributed by atoms with Crippen LogP contribution in [0.5, 0.6) is 5.75 Å². The van der Waals surface area contributed by atoms with Gasteiger partial charge >= 0.3 is 5.97 Å². The number of carbonyl (C=O) groups excluding carboxylic acids is 4. The molecule has 7 nitrogen and oxygen atoms in total. The number of nitrogens with zero attached hydrogens (tertiary/aromatic N) is 1. The molecule has 3 rings (SSSR count). The van der Waals surface area contributed by atoms with Crippen molar-refractivity contribution in [2.45, 2.75) is 19.8 Å². The van der Waals surface area contributed by atoms with Gasteiger partial charge in [-0.3, -0.25) is 14.4 Å². The third-order valence-electron chi connectivity index (χ3n) is 4.56. The van der Waals surface area contributed by atoms with E-state index in [1.165, 1.54) is 6.92 Å². The maximum Gasteiger partial charge on any atom is 0.344 e. The Hall–Kier alpha value is -3.48. The van der Waals surface area contributed by atoms with E-state index in [4.69, 9.17) is 9.47 Å². The SMILES string of the molecule is CC(=O)c1ccc(OCC(=O)OCC(=O)c2ccc(N3CCCC3=O)cc2)cc1. The summed E-state index contributed by atoms with van der Waals surface area (Å²) in [5, 5.41) is 0. The first-order valence-corrected chi connectivity index (χ1v) is 9.27. The summed E-state index contributed by atoms with van der Waals surface area (Å²) < 4.78 is 10.2. The molecule has 0 bridgehead atoms. The number of Topliss-reactive ketones (excluding diaryl/α,β-unsaturated/α-hetero) is 2. The molecular formula is C22H21NO6. The largest absolute Gasteiger partial charge is 0.482 e. The van der Waals surface area contributed by atoms with Gasteiger partial charge in [-0.1, -0.05) is 0 Å². The summed E-state index contributed by atoms with van der Waals surface area (Å²) in [6, 6.07) is 13.0. The Bertz CT molecular complexity index is 917. The van der Waals surface area contributed by atoms with Crippen molar-refractivity contribution < 1.29 is 28.7 Å². The van der Waals surface area contributed by atoms with Crippen molar-refractivity contribution in [1.82, 2.24) is 0 Å². The Morgan fingerprint density at radius 1 is 0.931 bits per heavy atom. The normalized spacial score (nSPS) is 13.3. The molecule has 150 valence electrons. The van der Waals surface area contributed by atoms with E-state index in [9.17, 15) is 19.2 Å². The summed E-state index contributed by atoms with van der Waals surface area (Å²) in [5.41, 5.74) is 1.70. The molecule has 1 amide bonds. The van der Waals surface area contributed by atoms with E-state index in [0.29, 0.717) is 29.8 Å². The molecule has 2 aromatic rings. The number of amides is 1. The third-order valence-corrected chi connectivity index (χ3v) is 4.56. The standard InChI is InChI=1S/C22H21NO6/c1-15(24)16-6-10-19(11-7-16)28-14-22(27)29-13-20(25)17-4-8-18(9-5-17)23-12-2-3-21(23)26/h4-11H,2-3,12-14H2,1H3. The van der Waals surface area contributed by atoms with Crippen LogP contribution in [0, 0.1) is 0 Å². The molecule has 1 aliphatic heterocycles. The Morgan fingerprint density at radius 2 is 1.59 bits per heavy atom. The molecule has 1 saturated heterocycles. The number of hydrogen-bond donors (Lipinski definition) is 0. The first-order valence-electron chi connectivity index (χ1n) is 9.27. The van der Waals surface area contributed by atoms with Gasteiger partial charge in [0.05, 0.1) is 0 Å². The number of ketones is 2. The molecule has 0 aromatic heterocycles. The van der Waals surface area contributed by atoms with E-state index >= 15 is 0 Å². The Labute approximate surface area is 168 Å². The van der Waals surface area contributed by atoms with Crippen LogP contribution in [0.15, 0.2) is 48.5 Å². The van der Waals surface area contributed by atoms with Crippen molar-refractivity contribution in [3.05, 3.63) is 59.7 Å². The monoisotopic (exact) mass is 395 g/mol. The van der Waals surface area contributed by atoms with Crippen molar-refractivity contribution in [2.75, 3.05) is 24.7 Å². The van der Waals surface area contributed by atoms with E-state index in [-0.39, 0.29) is 24.1 Å². The molecule has 2 aromatic carbocycles. The quantitative estimate of drug-likeness (QED) is 0.504. The topological polar surface area (TPSA) is 90.0 Å². The average molecular weight is 395 g/mol. The summed E-state index contributed by atoms with van der Waals surface area (Å²) in [6.07, 6.45) is 1.37. The Balaban J connectivity index is 1.45. The summed E-state index contributed by atoms with van der Waals surface area (Å²) in [4.78, 5) is 48.7. The first-order chi connectivity index (χ1) is 13.9. The maximum absolute atomic E-state index is 12.2. The van der Waals surface area contributed by atoms with Crippen LogP contribution in [0.1, 0.15) is 40.5 Å². The highest BCUT2D eigenvalue weighted by Gasteiger charge is 2.21. The van der Waals surface area contributed by atoms with E-state index in [1.807, 2.05) is 0 Å². The van der Waals surface area contributed by atoms with Crippen LogP contribution >= 0.6 is 0 Å². The molecule has 0 aliphatic carbocycles. The lowest BCUT2D eigenvalue weighted by Crippen LogP contribution is -2.23. The van der Waals surface area contributed by atoms with Crippen molar-refractivity contribution in [3.63, 3.8) is 0 Å². The highest BCUT2D eigenvalue weighted by Crippen LogP contribution is 2.21. The van der Waals surface area contributed by atoms with Crippen molar-refractivity contribution >= 4 is 29.1 Å². The zero-order valence-corrected chi connectivity index (χ0v) is 16.1. The van der Waals surface area contributed by atoms with Gasteiger partial charge in [-0.05, 0) is 61.9 Å². The lowest BCUT2D eigenvalue weighted by atomic mass is 10.1. The number of ether oxygens (including phenoxy) is 2. The summed E-state index contributed by atoms with van der Waals surface area (Å²) >= 11 is 0. The van der Waals surface area contributed by atoms with Crippen LogP contribution in [0.2, 0.25) is 0 Å². The summed E-state index contributed by atoms with van der Waals surface area (Å²) in [7, 11) is 0. The zero-order valence-electron chi connectivity index (χ0n) is 16.1. The van der Waals surface area contributed by atoms with E-state index in [0.717, 1.165) is 12.1 Å². The van der Waals surface area contributed by atoms with Crippen LogP contribution in [0.3, 0.4) is 0 Å². The zero-order chi connectivity index (χ0) is 20.8. The van der Waals surface area contributed by atoms with Crippen LogP contribution in [0.4, 0.5) is 5.69 Å². The lowest BCUT2D eigenvalue weighted by Gasteiger charge is -2.15. The Kier molecular flexibility index (Phi) is 6.39. The van der Waals surface area contributed by atoms with Crippen molar-refractivity contribution in [3.8, 4) is 5.75 Å². The van der Waals surface area contributed by atoms with Crippen LogP contribution in [0.25, 0.3) is 0 Å². The van der Waals surface area contributed by atoms with Gasteiger partial charge in [0, 0.05) is 29.8 Å². The fourth-order valence-electron chi connectivity index (χ4n) is 2.95. The molecule has 7 heteroatoms. The molecule has 0 saturated carbocycles. The fraction of sp³-hybridized carbons (Fsp3) is 0.273. The van der Waals surface area contributed by atoms with Crippen LogP contribution < -0.4 is 9.64 Å². The molecule has 29 heavy (non-hydrogen) atoms. The van der Waals surface area contributed by atoms with E-state index in [2.05, 4.69) is 0 Å². The molecule has 1 fully saturated rings. The fourth-order valence-corrected chi connectivity index (χ4v) is 2.95. The number of hydrogen-bond acceptors (Lipinski definition) is 6. The maximum atomic E-state index is 12.2. The van der Waals surface area contributed by atoms with Gasteiger partial charge in [0.1, 0.15) is 5.75 Å². The number of carbonyl (C=O) groups is 4. The molecule has 0 N–H and O–H groups in total. The molecule has 1 aliphatic rings.